The average Bonchev–Trinajstić information content (AvgIpc) is 3.23. The standard InChI is InChI=1S/C24H20F3NO7S2/c25-24(26,27)21-9-8-20(36(31,32)19-4-2-1-3-5-19)13-22(21)37(33,34)28-17-10-15-6-7-18(12-16(15)11-17)35-14-23(29)30/h1-9,12-13,17,28H,10-11,14H2,(H,29,30). The van der Waals surface area contributed by atoms with Crippen LogP contribution in [0.2, 0.25) is 0 Å². The largest absolute Gasteiger partial charge is 0.482 e. The molecule has 1 unspecified atom stereocenters. The van der Waals surface area contributed by atoms with Crippen LogP contribution in [0.25, 0.3) is 0 Å². The third-order valence-electron chi connectivity index (χ3n) is 5.71. The van der Waals surface area contributed by atoms with Gasteiger partial charge < -0.3 is 9.84 Å². The summed E-state index contributed by atoms with van der Waals surface area (Å²) >= 11 is 0. The summed E-state index contributed by atoms with van der Waals surface area (Å²) in [6.07, 6.45) is -4.78. The SMILES string of the molecule is O=C(O)COc1ccc2c(c1)CC(NS(=O)(=O)c1cc(S(=O)(=O)c3ccccc3)ccc1C(F)(F)F)C2. The van der Waals surface area contributed by atoms with E-state index < -0.39 is 60.0 Å². The fraction of sp³-hybridized carbons (Fsp3) is 0.208. The van der Waals surface area contributed by atoms with Crippen molar-refractivity contribution in [2.24, 2.45) is 0 Å². The topological polar surface area (TPSA) is 127 Å². The van der Waals surface area contributed by atoms with Crippen LogP contribution >= 0.6 is 0 Å². The van der Waals surface area contributed by atoms with Crippen molar-refractivity contribution in [1.82, 2.24) is 4.72 Å². The van der Waals surface area contributed by atoms with E-state index in [0.717, 1.165) is 6.07 Å². The third kappa shape index (κ3) is 5.78. The Labute approximate surface area is 210 Å². The number of aliphatic carboxylic acids is 1. The summed E-state index contributed by atoms with van der Waals surface area (Å²) in [7, 11) is -9.10. The number of hydrogen-bond acceptors (Lipinski definition) is 6. The van der Waals surface area contributed by atoms with Gasteiger partial charge in [-0.3, -0.25) is 0 Å². The lowest BCUT2D eigenvalue weighted by Gasteiger charge is -2.18. The second kappa shape index (κ2) is 9.80. The van der Waals surface area contributed by atoms with Gasteiger partial charge in [0, 0.05) is 6.04 Å². The third-order valence-corrected chi connectivity index (χ3v) is 9.03. The number of carboxylic acids is 1. The van der Waals surface area contributed by atoms with Crippen LogP contribution in [-0.2, 0) is 43.7 Å². The van der Waals surface area contributed by atoms with E-state index in [1.807, 2.05) is 0 Å². The Morgan fingerprint density at radius 2 is 1.59 bits per heavy atom. The molecule has 0 spiro atoms. The van der Waals surface area contributed by atoms with E-state index >= 15 is 0 Å². The number of sulfonamides is 1. The van der Waals surface area contributed by atoms with E-state index in [-0.39, 0.29) is 23.5 Å². The van der Waals surface area contributed by atoms with Gasteiger partial charge in [-0.25, -0.2) is 26.4 Å². The molecule has 2 N–H and O–H groups in total. The summed E-state index contributed by atoms with van der Waals surface area (Å²) < 4.78 is 101. The summed E-state index contributed by atoms with van der Waals surface area (Å²) in [5, 5.41) is 8.74. The molecule has 3 aromatic carbocycles. The van der Waals surface area contributed by atoms with E-state index in [1.165, 1.54) is 30.3 Å². The van der Waals surface area contributed by atoms with Crippen LogP contribution in [0.1, 0.15) is 16.7 Å². The maximum atomic E-state index is 13.7. The van der Waals surface area contributed by atoms with Crippen molar-refractivity contribution in [2.75, 3.05) is 6.61 Å². The molecule has 0 radical (unpaired) electrons. The molecule has 13 heteroatoms. The summed E-state index contributed by atoms with van der Waals surface area (Å²) in [6, 6.07) is 12.5. The monoisotopic (exact) mass is 555 g/mol. The Kier molecular flexibility index (Phi) is 7.06. The van der Waals surface area contributed by atoms with E-state index in [2.05, 4.69) is 4.72 Å². The first-order valence-electron chi connectivity index (χ1n) is 10.8. The molecule has 8 nitrogen and oxygen atoms in total. The van der Waals surface area contributed by atoms with Crippen LogP contribution < -0.4 is 9.46 Å². The average molecular weight is 556 g/mol. The number of hydrogen-bond donors (Lipinski definition) is 2. The molecular formula is C24H20F3NO7S2. The van der Waals surface area contributed by atoms with E-state index in [0.29, 0.717) is 23.3 Å². The van der Waals surface area contributed by atoms with Gasteiger partial charge in [0.05, 0.1) is 20.2 Å². The number of alkyl halides is 3. The first-order valence-corrected chi connectivity index (χ1v) is 13.7. The van der Waals surface area contributed by atoms with E-state index in [4.69, 9.17) is 9.84 Å². The number of ether oxygens (including phenoxy) is 1. The number of benzene rings is 3. The van der Waals surface area contributed by atoms with E-state index in [9.17, 15) is 34.8 Å². The summed E-state index contributed by atoms with van der Waals surface area (Å²) in [4.78, 5) is 8.71. The summed E-state index contributed by atoms with van der Waals surface area (Å²) in [5.74, 6) is -0.925. The first kappa shape index (κ1) is 26.6. The fourth-order valence-corrected chi connectivity index (χ4v) is 6.93. The normalized spacial score (nSPS) is 15.8. The van der Waals surface area contributed by atoms with Gasteiger partial charge in [0.2, 0.25) is 19.9 Å². The molecule has 0 saturated carbocycles. The van der Waals surface area contributed by atoms with Crippen molar-refractivity contribution >= 4 is 25.8 Å². The number of carbonyl (C=O) groups is 1. The van der Waals surface area contributed by atoms with Gasteiger partial charge in [0.15, 0.2) is 6.61 Å². The second-order valence-corrected chi connectivity index (χ2v) is 11.9. The lowest BCUT2D eigenvalue weighted by atomic mass is 10.1. The molecule has 0 bridgehead atoms. The molecular weight excluding hydrogens is 535 g/mol. The molecule has 37 heavy (non-hydrogen) atoms. The van der Waals surface area contributed by atoms with Gasteiger partial charge in [-0.2, -0.15) is 13.2 Å². The van der Waals surface area contributed by atoms with Crippen molar-refractivity contribution in [3.05, 3.63) is 83.4 Å². The van der Waals surface area contributed by atoms with Gasteiger partial charge in [-0.05, 0) is 66.4 Å². The highest BCUT2D eigenvalue weighted by atomic mass is 32.2. The maximum absolute atomic E-state index is 13.7. The molecule has 3 aromatic rings. The van der Waals surface area contributed by atoms with E-state index in [1.54, 1.807) is 18.2 Å². The predicted molar refractivity (Wildman–Crippen MR) is 124 cm³/mol. The summed E-state index contributed by atoms with van der Waals surface area (Å²) in [6.45, 7) is -0.572. The zero-order chi connectivity index (χ0) is 27.0. The molecule has 0 saturated heterocycles. The zero-order valence-corrected chi connectivity index (χ0v) is 20.5. The molecule has 196 valence electrons. The van der Waals surface area contributed by atoms with Crippen LogP contribution in [0.15, 0.2) is 81.4 Å². The predicted octanol–water partition coefficient (Wildman–Crippen LogP) is 3.45. The molecule has 0 aliphatic heterocycles. The Morgan fingerprint density at radius 3 is 2.24 bits per heavy atom. The Balaban J connectivity index is 1.65. The zero-order valence-electron chi connectivity index (χ0n) is 18.9. The maximum Gasteiger partial charge on any atom is 0.417 e. The number of rotatable bonds is 8. The molecule has 1 aliphatic rings. The number of sulfone groups is 1. The molecule has 0 heterocycles. The number of carboxylic acid groups (broad SMARTS) is 1. The fourth-order valence-electron chi connectivity index (χ4n) is 4.06. The molecule has 1 aliphatic carbocycles. The van der Waals surface area contributed by atoms with Crippen LogP contribution in [0.3, 0.4) is 0 Å². The molecule has 0 fully saturated rings. The Hall–Kier alpha value is -3.42. The number of halogens is 3. The Morgan fingerprint density at radius 1 is 0.919 bits per heavy atom. The van der Waals surface area contributed by atoms with Crippen LogP contribution in [0.5, 0.6) is 5.75 Å². The number of nitrogens with one attached hydrogen (secondary N) is 1. The lowest BCUT2D eigenvalue weighted by Crippen LogP contribution is -2.36. The first-order chi connectivity index (χ1) is 17.3. The molecule has 0 aromatic heterocycles. The van der Waals surface area contributed by atoms with Gasteiger partial charge in [-0.15, -0.1) is 0 Å². The van der Waals surface area contributed by atoms with Crippen LogP contribution in [-0.4, -0.2) is 40.6 Å². The van der Waals surface area contributed by atoms with Gasteiger partial charge in [0.1, 0.15) is 5.75 Å². The second-order valence-electron chi connectivity index (χ2n) is 8.31. The highest BCUT2D eigenvalue weighted by Gasteiger charge is 2.39. The lowest BCUT2D eigenvalue weighted by molar-refractivity contribution is -0.140. The summed E-state index contributed by atoms with van der Waals surface area (Å²) in [5.41, 5.74) is -0.134. The van der Waals surface area contributed by atoms with Crippen molar-refractivity contribution in [2.45, 2.75) is 39.7 Å². The quantitative estimate of drug-likeness (QED) is 0.436. The van der Waals surface area contributed by atoms with Crippen molar-refractivity contribution in [1.29, 1.82) is 0 Å². The van der Waals surface area contributed by atoms with Crippen molar-refractivity contribution < 1.29 is 44.6 Å². The highest BCUT2D eigenvalue weighted by molar-refractivity contribution is 7.91. The minimum Gasteiger partial charge on any atom is -0.482 e. The molecule has 4 rings (SSSR count). The van der Waals surface area contributed by atoms with Crippen LogP contribution in [0.4, 0.5) is 13.2 Å². The van der Waals surface area contributed by atoms with Crippen molar-refractivity contribution in [3.63, 3.8) is 0 Å². The minimum atomic E-state index is -5.06. The van der Waals surface area contributed by atoms with Gasteiger partial charge >= 0.3 is 12.1 Å². The Bertz CT molecular complexity index is 1550. The van der Waals surface area contributed by atoms with Crippen molar-refractivity contribution in [3.8, 4) is 5.75 Å². The highest BCUT2D eigenvalue weighted by Crippen LogP contribution is 2.37. The van der Waals surface area contributed by atoms with Gasteiger partial charge in [-0.1, -0.05) is 24.3 Å². The number of fused-ring (bicyclic) bond motifs is 1. The smallest absolute Gasteiger partial charge is 0.417 e. The minimum absolute atomic E-state index is 0.113. The molecule has 1 atom stereocenters. The van der Waals surface area contributed by atoms with Gasteiger partial charge in [0.25, 0.3) is 0 Å². The molecule has 0 amide bonds. The van der Waals surface area contributed by atoms with Crippen LogP contribution in [0, 0.1) is 0 Å².